The molecule has 24 heavy (non-hydrogen) atoms. The van der Waals surface area contributed by atoms with Crippen molar-refractivity contribution in [2.24, 2.45) is 0 Å². The summed E-state index contributed by atoms with van der Waals surface area (Å²) in [6.45, 7) is 2.49. The van der Waals surface area contributed by atoms with Crippen LogP contribution in [0.4, 0.5) is 5.69 Å². The van der Waals surface area contributed by atoms with Crippen molar-refractivity contribution >= 4 is 11.7 Å². The maximum Gasteiger partial charge on any atom is 0.305 e. The van der Waals surface area contributed by atoms with Crippen LogP contribution >= 0.6 is 0 Å². The van der Waals surface area contributed by atoms with Crippen LogP contribution in [0, 0.1) is 0 Å². The van der Waals surface area contributed by atoms with Gasteiger partial charge in [-0.05, 0) is 30.3 Å². The number of benzene rings is 2. The third-order valence-electron chi connectivity index (χ3n) is 4.14. The predicted octanol–water partition coefficient (Wildman–Crippen LogP) is 2.79. The van der Waals surface area contributed by atoms with Gasteiger partial charge in [-0.1, -0.05) is 37.3 Å². The summed E-state index contributed by atoms with van der Waals surface area (Å²) in [5.74, 6) is -0.854. The Labute approximate surface area is 142 Å². The number of carboxylic acids is 1. The molecule has 0 fully saturated rings. The number of nitrogens with zero attached hydrogens (tertiary/aromatic N) is 1. The Bertz CT molecular complexity index is 698. The molecule has 2 aromatic rings. The van der Waals surface area contributed by atoms with E-state index in [-0.39, 0.29) is 12.2 Å². The van der Waals surface area contributed by atoms with Crippen molar-refractivity contribution in [2.45, 2.75) is 18.9 Å². The summed E-state index contributed by atoms with van der Waals surface area (Å²) in [5.41, 5.74) is 1.40. The molecule has 1 unspecified atom stereocenters. The van der Waals surface area contributed by atoms with Gasteiger partial charge in [-0.25, -0.2) is 0 Å². The Morgan fingerprint density at radius 1 is 1.12 bits per heavy atom. The second-order valence-electron chi connectivity index (χ2n) is 5.96. The van der Waals surface area contributed by atoms with E-state index in [1.807, 2.05) is 50.2 Å². The second-order valence-corrected chi connectivity index (χ2v) is 5.96. The summed E-state index contributed by atoms with van der Waals surface area (Å²) in [4.78, 5) is 13.6. The number of carboxylic acid groups (broad SMARTS) is 1. The maximum atomic E-state index is 11.6. The topological polar surface area (TPSA) is 72.8 Å². The summed E-state index contributed by atoms with van der Waals surface area (Å²) in [7, 11) is 3.90. The number of aliphatic carboxylic acids is 1. The van der Waals surface area contributed by atoms with E-state index in [9.17, 15) is 15.0 Å². The van der Waals surface area contributed by atoms with Crippen molar-refractivity contribution in [1.29, 1.82) is 0 Å². The van der Waals surface area contributed by atoms with Crippen LogP contribution in [0.25, 0.3) is 0 Å². The number of aromatic hydroxyl groups is 1. The zero-order chi connectivity index (χ0) is 17.7. The first-order chi connectivity index (χ1) is 11.4. The highest BCUT2D eigenvalue weighted by molar-refractivity contribution is 5.71. The summed E-state index contributed by atoms with van der Waals surface area (Å²) in [6, 6.07) is 14.6. The van der Waals surface area contributed by atoms with E-state index >= 15 is 0 Å². The number of hydrogen-bond donors (Lipinski definition) is 3. The minimum atomic E-state index is -0.989. The molecule has 0 aliphatic rings. The minimum absolute atomic E-state index is 0.0800. The molecule has 0 radical (unpaired) electrons. The molecule has 5 heteroatoms. The molecule has 0 saturated carbocycles. The fourth-order valence-electron chi connectivity index (χ4n) is 3.02. The number of phenols is 1. The Hall–Kier alpha value is -2.53. The van der Waals surface area contributed by atoms with Gasteiger partial charge in [0.25, 0.3) is 0 Å². The van der Waals surface area contributed by atoms with Crippen LogP contribution in [0.5, 0.6) is 5.75 Å². The number of anilines is 1. The average Bonchev–Trinajstić information content (AvgIpc) is 2.54. The molecule has 2 aromatic carbocycles. The summed E-state index contributed by atoms with van der Waals surface area (Å²) in [5, 5.41) is 23.1. The molecule has 0 aromatic heterocycles. The number of para-hydroxylation sites is 1. The normalized spacial score (nSPS) is 13.3. The fourth-order valence-corrected chi connectivity index (χ4v) is 3.02. The number of rotatable bonds is 7. The Kier molecular flexibility index (Phi) is 5.46. The SMILES string of the molecule is CCNC(CC(=O)O)(c1ccc(N(C)C)cc1)c1ccccc1O. The van der Waals surface area contributed by atoms with Gasteiger partial charge in [0.15, 0.2) is 0 Å². The molecule has 0 heterocycles. The first-order valence-electron chi connectivity index (χ1n) is 7.94. The van der Waals surface area contributed by atoms with Crippen LogP contribution in [0.2, 0.25) is 0 Å². The lowest BCUT2D eigenvalue weighted by atomic mass is 9.79. The largest absolute Gasteiger partial charge is 0.508 e. The fraction of sp³-hybridized carbons (Fsp3) is 0.316. The van der Waals surface area contributed by atoms with Gasteiger partial charge in [0.05, 0.1) is 12.0 Å². The van der Waals surface area contributed by atoms with Crippen LogP contribution < -0.4 is 10.2 Å². The molecule has 128 valence electrons. The zero-order valence-electron chi connectivity index (χ0n) is 14.3. The first kappa shape index (κ1) is 17.8. The van der Waals surface area contributed by atoms with Crippen LogP contribution in [-0.4, -0.2) is 36.8 Å². The quantitative estimate of drug-likeness (QED) is 0.729. The molecule has 2 rings (SSSR count). The molecule has 0 aliphatic carbocycles. The molecule has 0 bridgehead atoms. The monoisotopic (exact) mass is 328 g/mol. The lowest BCUT2D eigenvalue weighted by molar-refractivity contribution is -0.138. The van der Waals surface area contributed by atoms with Crippen LogP contribution in [0.1, 0.15) is 24.5 Å². The van der Waals surface area contributed by atoms with Gasteiger partial charge in [0, 0.05) is 25.3 Å². The van der Waals surface area contributed by atoms with E-state index in [4.69, 9.17) is 0 Å². The Morgan fingerprint density at radius 2 is 1.75 bits per heavy atom. The third-order valence-corrected chi connectivity index (χ3v) is 4.14. The molecular formula is C19H24N2O3. The molecule has 1 atom stereocenters. The van der Waals surface area contributed by atoms with Crippen molar-refractivity contribution in [1.82, 2.24) is 5.32 Å². The molecule has 0 spiro atoms. The van der Waals surface area contributed by atoms with E-state index in [0.29, 0.717) is 12.1 Å². The molecule has 0 amide bonds. The van der Waals surface area contributed by atoms with Gasteiger partial charge in [0.2, 0.25) is 0 Å². The van der Waals surface area contributed by atoms with Crippen LogP contribution in [0.3, 0.4) is 0 Å². The number of phenolic OH excluding ortho intramolecular Hbond substituents is 1. The zero-order valence-corrected chi connectivity index (χ0v) is 14.3. The summed E-state index contributed by atoms with van der Waals surface area (Å²) >= 11 is 0. The van der Waals surface area contributed by atoms with Crippen LogP contribution in [-0.2, 0) is 10.3 Å². The van der Waals surface area contributed by atoms with E-state index in [0.717, 1.165) is 11.3 Å². The first-order valence-corrected chi connectivity index (χ1v) is 7.94. The lowest BCUT2D eigenvalue weighted by Crippen LogP contribution is -2.45. The number of carbonyl (C=O) groups is 1. The Balaban J connectivity index is 2.64. The number of hydrogen-bond acceptors (Lipinski definition) is 4. The highest BCUT2D eigenvalue weighted by atomic mass is 16.4. The highest BCUT2D eigenvalue weighted by Crippen LogP contribution is 2.38. The van der Waals surface area contributed by atoms with Gasteiger partial charge < -0.3 is 20.4 Å². The van der Waals surface area contributed by atoms with E-state index in [1.165, 1.54) is 0 Å². The van der Waals surface area contributed by atoms with Crippen molar-refractivity contribution in [2.75, 3.05) is 25.5 Å². The van der Waals surface area contributed by atoms with Crippen molar-refractivity contribution in [3.05, 3.63) is 59.7 Å². The standard InChI is InChI=1S/C19H24N2O3/c1-4-20-19(13-18(23)24,16-7-5-6-8-17(16)22)14-9-11-15(12-10-14)21(2)3/h5-12,20,22H,4,13H2,1-3H3,(H,23,24). The van der Waals surface area contributed by atoms with Gasteiger partial charge in [0.1, 0.15) is 5.75 Å². The van der Waals surface area contributed by atoms with E-state index < -0.39 is 11.5 Å². The van der Waals surface area contributed by atoms with E-state index in [2.05, 4.69) is 5.32 Å². The van der Waals surface area contributed by atoms with Gasteiger partial charge >= 0.3 is 5.97 Å². The van der Waals surface area contributed by atoms with Crippen molar-refractivity contribution in [3.8, 4) is 5.75 Å². The predicted molar refractivity (Wildman–Crippen MR) is 95.6 cm³/mol. The third kappa shape index (κ3) is 3.51. The van der Waals surface area contributed by atoms with Gasteiger partial charge in [-0.3, -0.25) is 4.79 Å². The molecule has 0 aliphatic heterocycles. The summed E-state index contributed by atoms with van der Waals surface area (Å²) in [6.07, 6.45) is -0.167. The molecule has 5 nitrogen and oxygen atoms in total. The molecule has 3 N–H and O–H groups in total. The average molecular weight is 328 g/mol. The molecule has 0 saturated heterocycles. The van der Waals surface area contributed by atoms with Crippen molar-refractivity contribution < 1.29 is 15.0 Å². The highest BCUT2D eigenvalue weighted by Gasteiger charge is 2.38. The number of nitrogens with one attached hydrogen (secondary N) is 1. The minimum Gasteiger partial charge on any atom is -0.508 e. The van der Waals surface area contributed by atoms with Crippen LogP contribution in [0.15, 0.2) is 48.5 Å². The molecular weight excluding hydrogens is 304 g/mol. The lowest BCUT2D eigenvalue weighted by Gasteiger charge is -2.35. The second kappa shape index (κ2) is 7.36. The summed E-state index contributed by atoms with van der Waals surface area (Å²) < 4.78 is 0. The maximum absolute atomic E-state index is 11.6. The Morgan fingerprint density at radius 3 is 2.25 bits per heavy atom. The smallest absolute Gasteiger partial charge is 0.305 e. The van der Waals surface area contributed by atoms with Crippen molar-refractivity contribution in [3.63, 3.8) is 0 Å². The van der Waals surface area contributed by atoms with Gasteiger partial charge in [-0.2, -0.15) is 0 Å². The van der Waals surface area contributed by atoms with Gasteiger partial charge in [-0.15, -0.1) is 0 Å². The van der Waals surface area contributed by atoms with E-state index in [1.54, 1.807) is 24.3 Å².